The summed E-state index contributed by atoms with van der Waals surface area (Å²) in [5.74, 6) is 0.740. The monoisotopic (exact) mass is 302 g/mol. The highest BCUT2D eigenvalue weighted by molar-refractivity contribution is 5.98. The highest BCUT2D eigenvalue weighted by atomic mass is 16.2. The minimum atomic E-state index is 0.0402. The van der Waals surface area contributed by atoms with Crippen LogP contribution in [0.25, 0.3) is 22.2 Å². The number of anilines is 1. The van der Waals surface area contributed by atoms with E-state index < -0.39 is 0 Å². The Morgan fingerprint density at radius 1 is 1.22 bits per heavy atom. The van der Waals surface area contributed by atoms with Crippen molar-refractivity contribution in [3.8, 4) is 17.2 Å². The molecule has 2 aromatic heterocycles. The van der Waals surface area contributed by atoms with Gasteiger partial charge in [0.25, 0.3) is 0 Å². The van der Waals surface area contributed by atoms with Crippen molar-refractivity contribution in [3.63, 3.8) is 0 Å². The topological polar surface area (TPSA) is 81.6 Å². The van der Waals surface area contributed by atoms with Gasteiger partial charge in [-0.05, 0) is 31.0 Å². The maximum atomic E-state index is 11.8. The fourth-order valence-electron chi connectivity index (χ4n) is 2.69. The number of amides is 1. The van der Waals surface area contributed by atoms with Crippen LogP contribution in [0.4, 0.5) is 5.82 Å². The number of nitrogens with one attached hydrogen (secondary N) is 2. The number of hydrogen-bond donors (Lipinski definition) is 2. The number of fused-ring (bicyclic) bond motifs is 1. The summed E-state index contributed by atoms with van der Waals surface area (Å²) in [7, 11) is 0. The summed E-state index contributed by atoms with van der Waals surface area (Å²) in [6.45, 7) is 0. The fraction of sp³-hybridized carbons (Fsp3) is 0.167. The van der Waals surface area contributed by atoms with Crippen molar-refractivity contribution in [1.29, 1.82) is 5.26 Å². The number of benzene rings is 1. The van der Waals surface area contributed by atoms with Gasteiger partial charge in [-0.3, -0.25) is 4.79 Å². The molecule has 0 radical (unpaired) electrons. The second kappa shape index (κ2) is 5.25. The average Bonchev–Trinajstić information content (AvgIpc) is 3.35. The molecule has 1 aliphatic carbocycles. The van der Waals surface area contributed by atoms with E-state index in [-0.39, 0.29) is 11.8 Å². The summed E-state index contributed by atoms with van der Waals surface area (Å²) in [4.78, 5) is 19.4. The molecule has 2 heterocycles. The van der Waals surface area contributed by atoms with Crippen molar-refractivity contribution in [2.75, 3.05) is 5.32 Å². The van der Waals surface area contributed by atoms with E-state index in [1.54, 1.807) is 12.1 Å². The lowest BCUT2D eigenvalue weighted by Gasteiger charge is -2.04. The van der Waals surface area contributed by atoms with Crippen LogP contribution >= 0.6 is 0 Å². The summed E-state index contributed by atoms with van der Waals surface area (Å²) in [6.07, 6.45) is 3.78. The van der Waals surface area contributed by atoms with Gasteiger partial charge in [0.15, 0.2) is 0 Å². The highest BCUT2D eigenvalue weighted by Crippen LogP contribution is 2.32. The first kappa shape index (κ1) is 13.5. The van der Waals surface area contributed by atoms with Crippen molar-refractivity contribution in [3.05, 3.63) is 48.2 Å². The maximum Gasteiger partial charge on any atom is 0.228 e. The minimum Gasteiger partial charge on any atom is -0.345 e. The van der Waals surface area contributed by atoms with Crippen molar-refractivity contribution >= 4 is 22.8 Å². The molecule has 1 aliphatic rings. The quantitative estimate of drug-likeness (QED) is 0.777. The fourth-order valence-corrected chi connectivity index (χ4v) is 2.69. The molecule has 0 aliphatic heterocycles. The molecule has 1 amide bonds. The second-order valence-corrected chi connectivity index (χ2v) is 5.72. The average molecular weight is 302 g/mol. The van der Waals surface area contributed by atoms with Crippen LogP contribution in [0.2, 0.25) is 0 Å². The van der Waals surface area contributed by atoms with Crippen LogP contribution < -0.4 is 5.32 Å². The van der Waals surface area contributed by atoms with E-state index in [2.05, 4.69) is 21.4 Å². The number of aromatic amines is 1. The number of rotatable bonds is 3. The number of H-pyrrole nitrogens is 1. The van der Waals surface area contributed by atoms with Crippen molar-refractivity contribution in [2.24, 2.45) is 5.92 Å². The molecule has 0 unspecified atom stereocenters. The molecular weight excluding hydrogens is 288 g/mol. The van der Waals surface area contributed by atoms with E-state index in [4.69, 9.17) is 0 Å². The van der Waals surface area contributed by atoms with Crippen molar-refractivity contribution < 1.29 is 4.79 Å². The molecule has 112 valence electrons. The highest BCUT2D eigenvalue weighted by Gasteiger charge is 2.29. The SMILES string of the molecule is N#Cc1ccccc1-c1c[nH]c2nc(NC(=O)C3CC3)ccc12. The van der Waals surface area contributed by atoms with E-state index in [9.17, 15) is 10.1 Å². The lowest BCUT2D eigenvalue weighted by atomic mass is 10.0. The van der Waals surface area contributed by atoms with Gasteiger partial charge < -0.3 is 10.3 Å². The Morgan fingerprint density at radius 2 is 2.04 bits per heavy atom. The number of aromatic nitrogens is 2. The van der Waals surface area contributed by atoms with Crippen molar-refractivity contribution in [1.82, 2.24) is 9.97 Å². The largest absolute Gasteiger partial charge is 0.345 e. The molecule has 3 aromatic rings. The molecular formula is C18H14N4O. The predicted octanol–water partition coefficient (Wildman–Crippen LogP) is 3.45. The van der Waals surface area contributed by atoms with Gasteiger partial charge in [-0.1, -0.05) is 18.2 Å². The summed E-state index contributed by atoms with van der Waals surface area (Å²) in [6, 6.07) is 13.4. The molecule has 23 heavy (non-hydrogen) atoms. The van der Waals surface area contributed by atoms with Gasteiger partial charge in [-0.15, -0.1) is 0 Å². The standard InChI is InChI=1S/C18H14N4O/c19-9-12-3-1-2-4-13(12)15-10-20-17-14(15)7-8-16(21-17)22-18(23)11-5-6-11/h1-4,7-8,10-11H,5-6H2,(H2,20,21,22,23). The van der Waals surface area contributed by atoms with Crippen LogP contribution in [0.5, 0.6) is 0 Å². The Balaban J connectivity index is 1.73. The molecule has 0 bridgehead atoms. The molecule has 0 spiro atoms. The van der Waals surface area contributed by atoms with E-state index in [1.807, 2.05) is 30.5 Å². The van der Waals surface area contributed by atoms with Gasteiger partial charge in [0.2, 0.25) is 5.91 Å². The third-order valence-corrected chi connectivity index (χ3v) is 4.08. The summed E-state index contributed by atoms with van der Waals surface area (Å²) in [5, 5.41) is 13.0. The normalized spacial score (nSPS) is 13.7. The van der Waals surface area contributed by atoms with Crippen molar-refractivity contribution in [2.45, 2.75) is 12.8 Å². The van der Waals surface area contributed by atoms with Crippen LogP contribution in [0.1, 0.15) is 18.4 Å². The Hall–Kier alpha value is -3.13. The lowest BCUT2D eigenvalue weighted by Crippen LogP contribution is -2.14. The molecule has 5 nitrogen and oxygen atoms in total. The van der Waals surface area contributed by atoms with E-state index in [1.165, 1.54) is 0 Å². The van der Waals surface area contributed by atoms with Gasteiger partial charge in [0.05, 0.1) is 11.6 Å². The zero-order chi connectivity index (χ0) is 15.8. The third-order valence-electron chi connectivity index (χ3n) is 4.08. The Labute approximate surface area is 133 Å². The van der Waals surface area contributed by atoms with Crippen LogP contribution in [-0.2, 0) is 4.79 Å². The molecule has 1 saturated carbocycles. The van der Waals surface area contributed by atoms with E-state index in [0.717, 1.165) is 29.4 Å². The number of pyridine rings is 1. The van der Waals surface area contributed by atoms with Gasteiger partial charge in [0, 0.05) is 28.6 Å². The number of carbonyl (C=O) groups excluding carboxylic acids is 1. The van der Waals surface area contributed by atoms with Crippen LogP contribution in [-0.4, -0.2) is 15.9 Å². The zero-order valence-electron chi connectivity index (χ0n) is 12.3. The van der Waals surface area contributed by atoms with Gasteiger partial charge in [-0.2, -0.15) is 5.26 Å². The van der Waals surface area contributed by atoms with E-state index >= 15 is 0 Å². The Kier molecular flexibility index (Phi) is 3.09. The van der Waals surface area contributed by atoms with Gasteiger partial charge in [-0.25, -0.2) is 4.98 Å². The first-order valence-electron chi connectivity index (χ1n) is 7.55. The first-order valence-corrected chi connectivity index (χ1v) is 7.55. The van der Waals surface area contributed by atoms with Crippen LogP contribution in [0.3, 0.4) is 0 Å². The summed E-state index contributed by atoms with van der Waals surface area (Å²) in [5.41, 5.74) is 3.13. The molecule has 4 rings (SSSR count). The summed E-state index contributed by atoms with van der Waals surface area (Å²) < 4.78 is 0. The molecule has 5 heteroatoms. The van der Waals surface area contributed by atoms with Crippen LogP contribution in [0, 0.1) is 17.2 Å². The number of carbonyl (C=O) groups is 1. The number of hydrogen-bond acceptors (Lipinski definition) is 3. The minimum absolute atomic E-state index is 0.0402. The van der Waals surface area contributed by atoms with Gasteiger partial charge in [0.1, 0.15) is 11.5 Å². The second-order valence-electron chi connectivity index (χ2n) is 5.72. The number of nitrogens with zero attached hydrogens (tertiary/aromatic N) is 2. The van der Waals surface area contributed by atoms with E-state index in [0.29, 0.717) is 17.0 Å². The molecule has 0 saturated heterocycles. The molecule has 1 fully saturated rings. The lowest BCUT2D eigenvalue weighted by molar-refractivity contribution is -0.117. The Bertz CT molecular complexity index is 947. The maximum absolute atomic E-state index is 11.8. The summed E-state index contributed by atoms with van der Waals surface area (Å²) >= 11 is 0. The molecule has 1 aromatic carbocycles. The molecule has 0 atom stereocenters. The zero-order valence-corrected chi connectivity index (χ0v) is 12.3. The Morgan fingerprint density at radius 3 is 2.83 bits per heavy atom. The predicted molar refractivity (Wildman–Crippen MR) is 87.6 cm³/mol. The van der Waals surface area contributed by atoms with Crippen LogP contribution in [0.15, 0.2) is 42.6 Å². The first-order chi connectivity index (χ1) is 11.3. The third kappa shape index (κ3) is 2.44. The van der Waals surface area contributed by atoms with Gasteiger partial charge >= 0.3 is 0 Å². The molecule has 2 N–H and O–H groups in total. The smallest absolute Gasteiger partial charge is 0.228 e. The number of nitriles is 1.